The number of nitrogens with two attached hydrogens (primary N) is 2. The van der Waals surface area contributed by atoms with Gasteiger partial charge in [-0.05, 0) is 55.7 Å². The second-order valence-electron chi connectivity index (χ2n) is 7.52. The molecule has 2 rings (SSSR count). The highest BCUT2D eigenvalue weighted by Crippen LogP contribution is 2.32. The van der Waals surface area contributed by atoms with Crippen molar-refractivity contribution in [3.8, 4) is 0 Å². The molecule has 0 aliphatic rings. The van der Waals surface area contributed by atoms with Gasteiger partial charge in [0, 0.05) is 23.4 Å². The summed E-state index contributed by atoms with van der Waals surface area (Å²) in [6, 6.07) is 8.86. The van der Waals surface area contributed by atoms with Crippen LogP contribution < -0.4 is 21.5 Å². The number of carbonyl (C=O) groups excluding carboxylic acids is 1. The van der Waals surface area contributed by atoms with Gasteiger partial charge in [-0.25, -0.2) is 17.9 Å². The number of hydrogen-bond donors (Lipinski definition) is 5. The van der Waals surface area contributed by atoms with E-state index in [1.165, 1.54) is 6.07 Å². The quantitative estimate of drug-likeness (QED) is 0.104. The van der Waals surface area contributed by atoms with Gasteiger partial charge in [-0.15, -0.1) is 0 Å². The fourth-order valence-corrected chi connectivity index (χ4v) is 4.52. The predicted molar refractivity (Wildman–Crippen MR) is 131 cm³/mol. The zero-order chi connectivity index (χ0) is 24.6. The molecule has 180 valence electrons. The number of nitrogens with one attached hydrogen (secondary N) is 3. The number of nitrogen functional groups attached to an aromatic ring is 2. The highest BCUT2D eigenvalue weighted by atomic mass is 32.2. The maximum Gasteiger partial charge on any atom is 0.333 e. The number of esters is 1. The molecule has 0 saturated carbocycles. The van der Waals surface area contributed by atoms with Gasteiger partial charge in [0.25, 0.3) is 0 Å². The van der Waals surface area contributed by atoms with E-state index < -0.39 is 22.0 Å². The van der Waals surface area contributed by atoms with E-state index in [2.05, 4.69) is 10.0 Å². The van der Waals surface area contributed by atoms with Crippen LogP contribution in [0.3, 0.4) is 0 Å². The minimum atomic E-state index is -3.87. The van der Waals surface area contributed by atoms with Crippen molar-refractivity contribution in [2.75, 3.05) is 24.2 Å². The first-order valence-electron chi connectivity index (χ1n) is 10.9. The lowest BCUT2D eigenvalue weighted by atomic mass is 10.00. The number of sulfonamides is 1. The molecule has 33 heavy (non-hydrogen) atoms. The van der Waals surface area contributed by atoms with Gasteiger partial charge in [-0.1, -0.05) is 26.3 Å². The summed E-state index contributed by atoms with van der Waals surface area (Å²) in [5, 5.41) is 10.6. The molecule has 0 aromatic heterocycles. The van der Waals surface area contributed by atoms with Gasteiger partial charge in [0.2, 0.25) is 10.0 Å². The smallest absolute Gasteiger partial charge is 0.333 e. The number of unbranched alkanes of at least 4 members (excludes halogenated alkanes) is 1. The number of hydrogen-bond acceptors (Lipinski definition) is 7. The molecule has 0 spiro atoms. The molecular formula is C23H33N5O4S. The number of carbonyl (C=O) groups is 1. The number of ether oxygens (including phenoxy) is 1. The minimum absolute atomic E-state index is 0.0119. The molecule has 9 nitrogen and oxygen atoms in total. The van der Waals surface area contributed by atoms with Crippen molar-refractivity contribution in [3.05, 3.63) is 53.1 Å². The summed E-state index contributed by atoms with van der Waals surface area (Å²) in [5.74, 6) is -0.663. The predicted octanol–water partition coefficient (Wildman–Crippen LogP) is 2.91. The molecule has 0 amide bonds. The van der Waals surface area contributed by atoms with Crippen LogP contribution in [0.15, 0.2) is 41.3 Å². The Bertz CT molecular complexity index is 1080. The van der Waals surface area contributed by atoms with Crippen molar-refractivity contribution in [3.63, 3.8) is 0 Å². The lowest BCUT2D eigenvalue weighted by Crippen LogP contribution is -2.28. The van der Waals surface area contributed by atoms with Crippen molar-refractivity contribution in [2.24, 2.45) is 5.73 Å². The average molecular weight is 476 g/mol. The zero-order valence-electron chi connectivity index (χ0n) is 19.3. The highest BCUT2D eigenvalue weighted by molar-refractivity contribution is 7.89. The topological polar surface area (TPSA) is 160 Å². The molecule has 10 heteroatoms. The fourth-order valence-electron chi connectivity index (χ4n) is 3.24. The van der Waals surface area contributed by atoms with Gasteiger partial charge in [-0.3, -0.25) is 5.41 Å². The molecule has 2 aromatic rings. The number of rotatable bonds is 12. The highest BCUT2D eigenvalue weighted by Gasteiger charge is 2.29. The largest absolute Gasteiger partial charge is 0.464 e. The van der Waals surface area contributed by atoms with Crippen molar-refractivity contribution in [2.45, 2.75) is 51.0 Å². The van der Waals surface area contributed by atoms with Crippen LogP contribution in [0.25, 0.3) is 0 Å². The SMILES string of the molecule is CCCCNS(=O)(=O)c1cc(CC)cc(C(Nc2ccc(C(=N)N)cc2)C(=O)OCC)c1N. The van der Waals surface area contributed by atoms with Crippen LogP contribution in [0.2, 0.25) is 0 Å². The third-order valence-electron chi connectivity index (χ3n) is 5.09. The molecule has 0 bridgehead atoms. The van der Waals surface area contributed by atoms with Crippen LogP contribution in [0, 0.1) is 5.41 Å². The second-order valence-corrected chi connectivity index (χ2v) is 9.26. The van der Waals surface area contributed by atoms with Crippen molar-refractivity contribution in [1.82, 2.24) is 4.72 Å². The lowest BCUT2D eigenvalue weighted by Gasteiger charge is -2.23. The second kappa shape index (κ2) is 11.7. The van der Waals surface area contributed by atoms with Crippen molar-refractivity contribution in [1.29, 1.82) is 5.41 Å². The Balaban J connectivity index is 2.55. The number of aryl methyl sites for hydroxylation is 1. The van der Waals surface area contributed by atoms with Crippen LogP contribution in [-0.2, 0) is 26.0 Å². The molecule has 0 aliphatic carbocycles. The van der Waals surface area contributed by atoms with E-state index in [1.54, 1.807) is 37.3 Å². The van der Waals surface area contributed by atoms with Gasteiger partial charge in [-0.2, -0.15) is 0 Å². The van der Waals surface area contributed by atoms with E-state index >= 15 is 0 Å². The molecule has 0 heterocycles. The molecule has 1 unspecified atom stereocenters. The number of benzene rings is 2. The van der Waals surface area contributed by atoms with E-state index in [0.29, 0.717) is 36.2 Å². The summed E-state index contributed by atoms with van der Waals surface area (Å²) in [4.78, 5) is 12.8. The Kier molecular flexibility index (Phi) is 9.24. The normalized spacial score (nSPS) is 12.2. The summed E-state index contributed by atoms with van der Waals surface area (Å²) < 4.78 is 33.8. The molecule has 2 aromatic carbocycles. The third-order valence-corrected chi connectivity index (χ3v) is 6.60. The Morgan fingerprint density at radius 3 is 2.36 bits per heavy atom. The van der Waals surface area contributed by atoms with Crippen LogP contribution in [0.4, 0.5) is 11.4 Å². The van der Waals surface area contributed by atoms with E-state index in [1.807, 2.05) is 13.8 Å². The summed E-state index contributed by atoms with van der Waals surface area (Å²) in [5.41, 5.74) is 14.0. The molecule has 0 fully saturated rings. The third kappa shape index (κ3) is 6.69. The first-order valence-corrected chi connectivity index (χ1v) is 12.4. The van der Waals surface area contributed by atoms with Crippen LogP contribution >= 0.6 is 0 Å². The summed E-state index contributed by atoms with van der Waals surface area (Å²) >= 11 is 0. The minimum Gasteiger partial charge on any atom is -0.464 e. The molecule has 1 atom stereocenters. The maximum atomic E-state index is 13.0. The fraction of sp³-hybridized carbons (Fsp3) is 0.391. The summed E-state index contributed by atoms with van der Waals surface area (Å²) in [7, 11) is -3.87. The van der Waals surface area contributed by atoms with Gasteiger partial charge in [0.1, 0.15) is 10.7 Å². The first kappa shape index (κ1) is 26.1. The standard InChI is InChI=1S/C23H33N5O4S/c1-4-7-12-27-33(30,31)19-14-15(5-2)13-18(20(19)24)21(23(29)32-6-3)28-17-10-8-16(9-11-17)22(25)26/h8-11,13-14,21,27-28H,4-7,12,24H2,1-3H3,(H3,25,26). The Labute approximate surface area is 195 Å². The van der Waals surface area contributed by atoms with Gasteiger partial charge >= 0.3 is 5.97 Å². The number of amidine groups is 1. The molecule has 7 N–H and O–H groups in total. The van der Waals surface area contributed by atoms with E-state index in [9.17, 15) is 13.2 Å². The van der Waals surface area contributed by atoms with Gasteiger partial charge in [0.15, 0.2) is 6.04 Å². The van der Waals surface area contributed by atoms with Crippen molar-refractivity contribution >= 4 is 33.2 Å². The summed E-state index contributed by atoms with van der Waals surface area (Å²) in [6.45, 7) is 6.00. The van der Waals surface area contributed by atoms with Gasteiger partial charge in [0.05, 0.1) is 12.3 Å². The Morgan fingerprint density at radius 1 is 1.15 bits per heavy atom. The first-order chi connectivity index (χ1) is 15.6. The van der Waals surface area contributed by atoms with E-state index in [0.717, 1.165) is 12.0 Å². The lowest BCUT2D eigenvalue weighted by molar-refractivity contribution is -0.144. The molecule has 0 saturated heterocycles. The van der Waals surface area contributed by atoms with E-state index in [-0.39, 0.29) is 23.0 Å². The van der Waals surface area contributed by atoms with Crippen LogP contribution in [-0.4, -0.2) is 33.4 Å². The van der Waals surface area contributed by atoms with Crippen LogP contribution in [0.1, 0.15) is 56.3 Å². The molecule has 0 radical (unpaired) electrons. The number of anilines is 2. The molecular weight excluding hydrogens is 442 g/mol. The maximum absolute atomic E-state index is 13.0. The van der Waals surface area contributed by atoms with Gasteiger partial charge < -0.3 is 21.5 Å². The summed E-state index contributed by atoms with van der Waals surface area (Å²) in [6.07, 6.45) is 2.09. The zero-order valence-corrected chi connectivity index (χ0v) is 20.1. The van der Waals surface area contributed by atoms with E-state index in [4.69, 9.17) is 21.6 Å². The Hall–Kier alpha value is -3.11. The monoisotopic (exact) mass is 475 g/mol. The average Bonchev–Trinajstić information content (AvgIpc) is 2.78. The Morgan fingerprint density at radius 2 is 1.82 bits per heavy atom. The van der Waals surface area contributed by atoms with Crippen molar-refractivity contribution < 1.29 is 17.9 Å². The van der Waals surface area contributed by atoms with Crippen LogP contribution in [0.5, 0.6) is 0 Å². The molecule has 0 aliphatic heterocycles.